The maximum atomic E-state index is 4.48. The van der Waals surface area contributed by atoms with E-state index in [1.165, 1.54) is 5.56 Å². The van der Waals surface area contributed by atoms with E-state index < -0.39 is 0 Å². The van der Waals surface area contributed by atoms with Crippen molar-refractivity contribution in [1.29, 1.82) is 0 Å². The third kappa shape index (κ3) is 6.10. The van der Waals surface area contributed by atoms with Crippen molar-refractivity contribution >= 4 is 5.96 Å². The molecule has 5 heteroatoms. The molecule has 0 bridgehead atoms. The zero-order chi connectivity index (χ0) is 17.9. The summed E-state index contributed by atoms with van der Waals surface area (Å²) in [6.45, 7) is 6.31. The predicted molar refractivity (Wildman–Crippen MR) is 105 cm³/mol. The van der Waals surface area contributed by atoms with Gasteiger partial charge in [0.1, 0.15) is 5.82 Å². The number of rotatable bonds is 9. The first-order valence-corrected chi connectivity index (χ1v) is 8.81. The Bertz CT molecular complexity index is 660. The monoisotopic (exact) mass is 339 g/mol. The summed E-state index contributed by atoms with van der Waals surface area (Å²) in [7, 11) is 3.87. The number of guanidine groups is 1. The first kappa shape index (κ1) is 18.8. The van der Waals surface area contributed by atoms with Crippen molar-refractivity contribution in [1.82, 2.24) is 19.8 Å². The molecule has 25 heavy (non-hydrogen) atoms. The topological polar surface area (TPSA) is 45.4 Å². The third-order valence-corrected chi connectivity index (χ3v) is 4.17. The molecular weight excluding hydrogens is 310 g/mol. The SMILES string of the molecule is C=CCCCN(C)C(=NC)NCc1nccn1CCc1ccccc1. The number of nitrogens with zero attached hydrogens (tertiary/aromatic N) is 4. The lowest BCUT2D eigenvalue weighted by molar-refractivity contribution is 0.467. The lowest BCUT2D eigenvalue weighted by atomic mass is 10.1. The lowest BCUT2D eigenvalue weighted by Crippen LogP contribution is -2.39. The van der Waals surface area contributed by atoms with Crippen molar-refractivity contribution in [3.05, 3.63) is 66.8 Å². The zero-order valence-electron chi connectivity index (χ0n) is 15.4. The second-order valence-corrected chi connectivity index (χ2v) is 6.03. The van der Waals surface area contributed by atoms with E-state index in [9.17, 15) is 0 Å². The fourth-order valence-corrected chi connectivity index (χ4v) is 2.73. The summed E-state index contributed by atoms with van der Waals surface area (Å²) in [6, 6.07) is 10.5. The Hall–Kier alpha value is -2.56. The summed E-state index contributed by atoms with van der Waals surface area (Å²) >= 11 is 0. The number of aryl methyl sites for hydroxylation is 2. The van der Waals surface area contributed by atoms with Crippen LogP contribution in [0.15, 0.2) is 60.4 Å². The molecule has 1 aromatic carbocycles. The molecule has 1 N–H and O–H groups in total. The van der Waals surface area contributed by atoms with Gasteiger partial charge in [0.15, 0.2) is 5.96 Å². The van der Waals surface area contributed by atoms with E-state index in [0.717, 1.165) is 44.1 Å². The summed E-state index contributed by atoms with van der Waals surface area (Å²) in [5.74, 6) is 1.92. The van der Waals surface area contributed by atoms with E-state index in [2.05, 4.69) is 62.7 Å². The second-order valence-electron chi connectivity index (χ2n) is 6.03. The van der Waals surface area contributed by atoms with Crippen molar-refractivity contribution in [2.75, 3.05) is 20.6 Å². The number of aromatic nitrogens is 2. The van der Waals surface area contributed by atoms with Gasteiger partial charge in [-0.05, 0) is 24.8 Å². The summed E-state index contributed by atoms with van der Waals surface area (Å²) in [4.78, 5) is 11.0. The Morgan fingerprint density at radius 1 is 1.36 bits per heavy atom. The molecule has 1 aromatic heterocycles. The molecule has 0 fully saturated rings. The van der Waals surface area contributed by atoms with Crippen LogP contribution in [-0.2, 0) is 19.5 Å². The van der Waals surface area contributed by atoms with Crippen LogP contribution in [0.3, 0.4) is 0 Å². The van der Waals surface area contributed by atoms with Crippen LogP contribution < -0.4 is 5.32 Å². The second kappa shape index (κ2) is 10.3. The minimum atomic E-state index is 0.667. The summed E-state index contributed by atoms with van der Waals surface area (Å²) in [5.41, 5.74) is 1.34. The van der Waals surface area contributed by atoms with Gasteiger partial charge in [0.2, 0.25) is 0 Å². The highest BCUT2D eigenvalue weighted by Crippen LogP contribution is 2.05. The van der Waals surface area contributed by atoms with Crippen LogP contribution in [0.4, 0.5) is 0 Å². The van der Waals surface area contributed by atoms with Gasteiger partial charge in [-0.1, -0.05) is 36.4 Å². The Morgan fingerprint density at radius 3 is 2.88 bits per heavy atom. The van der Waals surface area contributed by atoms with Gasteiger partial charge >= 0.3 is 0 Å². The number of benzene rings is 1. The zero-order valence-corrected chi connectivity index (χ0v) is 15.4. The smallest absolute Gasteiger partial charge is 0.193 e. The van der Waals surface area contributed by atoms with Crippen LogP contribution in [0.5, 0.6) is 0 Å². The number of hydrogen-bond acceptors (Lipinski definition) is 2. The third-order valence-electron chi connectivity index (χ3n) is 4.17. The van der Waals surface area contributed by atoms with E-state index in [1.54, 1.807) is 0 Å². The molecule has 0 aliphatic heterocycles. The quantitative estimate of drug-likeness (QED) is 0.330. The normalized spacial score (nSPS) is 11.4. The van der Waals surface area contributed by atoms with Crippen LogP contribution in [0.2, 0.25) is 0 Å². The minimum absolute atomic E-state index is 0.667. The highest BCUT2D eigenvalue weighted by atomic mass is 15.3. The number of hydrogen-bond donors (Lipinski definition) is 1. The number of nitrogens with one attached hydrogen (secondary N) is 1. The van der Waals surface area contributed by atoms with Crippen molar-refractivity contribution in [2.45, 2.75) is 32.4 Å². The first-order chi connectivity index (χ1) is 12.2. The van der Waals surface area contributed by atoms with Gasteiger partial charge in [-0.25, -0.2) is 4.98 Å². The molecular formula is C20H29N5. The highest BCUT2D eigenvalue weighted by Gasteiger charge is 2.08. The van der Waals surface area contributed by atoms with E-state index in [1.807, 2.05) is 31.6 Å². The van der Waals surface area contributed by atoms with Crippen LogP contribution in [-0.4, -0.2) is 41.1 Å². The molecule has 5 nitrogen and oxygen atoms in total. The molecule has 2 aromatic rings. The summed E-state index contributed by atoms with van der Waals surface area (Å²) in [6.07, 6.45) is 8.95. The number of allylic oxidation sites excluding steroid dienone is 1. The van der Waals surface area contributed by atoms with Gasteiger partial charge in [0.25, 0.3) is 0 Å². The summed E-state index contributed by atoms with van der Waals surface area (Å²) in [5, 5.41) is 3.40. The molecule has 0 aliphatic rings. The van der Waals surface area contributed by atoms with Crippen molar-refractivity contribution in [3.63, 3.8) is 0 Å². The lowest BCUT2D eigenvalue weighted by Gasteiger charge is -2.22. The molecule has 0 unspecified atom stereocenters. The maximum Gasteiger partial charge on any atom is 0.193 e. The van der Waals surface area contributed by atoms with Crippen molar-refractivity contribution < 1.29 is 0 Å². The van der Waals surface area contributed by atoms with Crippen LogP contribution >= 0.6 is 0 Å². The largest absolute Gasteiger partial charge is 0.349 e. The fraction of sp³-hybridized carbons (Fsp3) is 0.400. The molecule has 0 spiro atoms. The Kier molecular flexibility index (Phi) is 7.76. The average Bonchev–Trinajstić information content (AvgIpc) is 3.09. The van der Waals surface area contributed by atoms with Crippen molar-refractivity contribution in [3.8, 4) is 0 Å². The maximum absolute atomic E-state index is 4.48. The van der Waals surface area contributed by atoms with Gasteiger partial charge in [-0.2, -0.15) is 0 Å². The molecule has 2 rings (SSSR count). The van der Waals surface area contributed by atoms with Crippen LogP contribution in [0.1, 0.15) is 24.2 Å². The van der Waals surface area contributed by atoms with E-state index in [0.29, 0.717) is 6.54 Å². The molecule has 0 radical (unpaired) electrons. The average molecular weight is 339 g/mol. The van der Waals surface area contributed by atoms with Gasteiger partial charge in [-0.15, -0.1) is 6.58 Å². The number of aliphatic imine (C=N–C) groups is 1. The van der Waals surface area contributed by atoms with E-state index in [-0.39, 0.29) is 0 Å². The van der Waals surface area contributed by atoms with Crippen molar-refractivity contribution in [2.24, 2.45) is 4.99 Å². The number of imidazole rings is 1. The molecule has 1 heterocycles. The van der Waals surface area contributed by atoms with Crippen LogP contribution in [0.25, 0.3) is 0 Å². The van der Waals surface area contributed by atoms with Gasteiger partial charge in [-0.3, -0.25) is 4.99 Å². The first-order valence-electron chi connectivity index (χ1n) is 8.81. The van der Waals surface area contributed by atoms with Gasteiger partial charge < -0.3 is 14.8 Å². The molecule has 0 amide bonds. The standard InChI is InChI=1S/C20H29N5/c1-4-5-9-14-24(3)20(21-2)23-17-19-22-13-16-25(19)15-12-18-10-7-6-8-11-18/h4,6-8,10-11,13,16H,1,5,9,12,14-15,17H2,2-3H3,(H,21,23). The van der Waals surface area contributed by atoms with E-state index in [4.69, 9.17) is 0 Å². The van der Waals surface area contributed by atoms with Gasteiger partial charge in [0, 0.05) is 39.6 Å². The minimum Gasteiger partial charge on any atom is -0.349 e. The Morgan fingerprint density at radius 2 is 2.16 bits per heavy atom. The highest BCUT2D eigenvalue weighted by molar-refractivity contribution is 5.79. The number of unbranched alkanes of at least 4 members (excludes halogenated alkanes) is 1. The Balaban J connectivity index is 1.86. The molecule has 134 valence electrons. The molecule has 0 aliphatic carbocycles. The van der Waals surface area contributed by atoms with Gasteiger partial charge in [0.05, 0.1) is 6.54 Å². The van der Waals surface area contributed by atoms with E-state index >= 15 is 0 Å². The molecule has 0 saturated heterocycles. The summed E-state index contributed by atoms with van der Waals surface area (Å²) < 4.78 is 2.20. The fourth-order valence-electron chi connectivity index (χ4n) is 2.73. The molecule has 0 saturated carbocycles. The molecule has 0 atom stereocenters. The Labute approximate surface area is 151 Å². The van der Waals surface area contributed by atoms with Crippen LogP contribution in [0, 0.1) is 0 Å². The predicted octanol–water partition coefficient (Wildman–Crippen LogP) is 3.10.